The number of anilines is 1. The number of rotatable bonds is 3. The number of hydrogen-bond acceptors (Lipinski definition) is 2. The summed E-state index contributed by atoms with van der Waals surface area (Å²) in [6.07, 6.45) is 6.29. The molecule has 116 valence electrons. The van der Waals surface area contributed by atoms with Crippen LogP contribution in [-0.4, -0.2) is 4.98 Å². The molecule has 1 aliphatic carbocycles. The average molecular weight is 294 g/mol. The minimum absolute atomic E-state index is 0.889. The standard InChI is InChI=1S/C18H20N2.C2H6/c1-3-7-12-10-11-15-17(19)14-8-5-6-9-16(14)20-18(15)13(12)4-2;1-2/h4-6,8-9H,2-3,7,10-11H2,1H3,(H2,19,20);1-2H3. The molecule has 22 heavy (non-hydrogen) atoms. The first kappa shape index (κ1) is 16.3. The monoisotopic (exact) mass is 294 g/mol. The first-order valence-corrected chi connectivity index (χ1v) is 8.28. The summed E-state index contributed by atoms with van der Waals surface area (Å²) in [5.74, 6) is 0. The van der Waals surface area contributed by atoms with E-state index >= 15 is 0 Å². The highest BCUT2D eigenvalue weighted by Crippen LogP contribution is 2.38. The maximum absolute atomic E-state index is 6.38. The van der Waals surface area contributed by atoms with Gasteiger partial charge in [0.2, 0.25) is 0 Å². The van der Waals surface area contributed by atoms with Crippen LogP contribution in [0, 0.1) is 0 Å². The van der Waals surface area contributed by atoms with Crippen LogP contribution in [0.5, 0.6) is 0 Å². The minimum atomic E-state index is 0.889. The van der Waals surface area contributed by atoms with Crippen LogP contribution in [0.2, 0.25) is 0 Å². The Kier molecular flexibility index (Phi) is 5.37. The number of aromatic nitrogens is 1. The molecule has 0 aliphatic heterocycles. The predicted octanol–water partition coefficient (Wildman–Crippen LogP) is 5.53. The number of para-hydroxylation sites is 1. The number of fused-ring (bicyclic) bond motifs is 2. The predicted molar refractivity (Wildman–Crippen MR) is 97.8 cm³/mol. The molecule has 0 unspecified atom stereocenters. The van der Waals surface area contributed by atoms with E-state index in [1.807, 2.05) is 38.1 Å². The van der Waals surface area contributed by atoms with Crippen LogP contribution < -0.4 is 5.73 Å². The van der Waals surface area contributed by atoms with Crippen molar-refractivity contribution in [2.45, 2.75) is 46.5 Å². The van der Waals surface area contributed by atoms with Crippen molar-refractivity contribution in [3.8, 4) is 0 Å². The van der Waals surface area contributed by atoms with Gasteiger partial charge < -0.3 is 5.73 Å². The molecule has 2 N–H and O–H groups in total. The third kappa shape index (κ3) is 2.78. The lowest BCUT2D eigenvalue weighted by molar-refractivity contribution is 0.806. The SMILES string of the molecule is C=CC1=C(CCC)CCc2c1nc1ccccc1c2N.CC. The molecule has 0 fully saturated rings. The van der Waals surface area contributed by atoms with Crippen molar-refractivity contribution < 1.29 is 0 Å². The molecule has 3 rings (SSSR count). The van der Waals surface area contributed by atoms with Gasteiger partial charge in [-0.2, -0.15) is 0 Å². The molecule has 2 aromatic rings. The molecule has 1 heterocycles. The average Bonchev–Trinajstić information content (AvgIpc) is 2.57. The van der Waals surface area contributed by atoms with E-state index < -0.39 is 0 Å². The van der Waals surface area contributed by atoms with Crippen molar-refractivity contribution in [1.29, 1.82) is 0 Å². The van der Waals surface area contributed by atoms with Crippen LogP contribution in [0.15, 0.2) is 42.5 Å². The van der Waals surface area contributed by atoms with Crippen molar-refractivity contribution in [3.63, 3.8) is 0 Å². The molecular formula is C20H26N2. The Labute approximate surface area is 133 Å². The highest BCUT2D eigenvalue weighted by Gasteiger charge is 2.21. The van der Waals surface area contributed by atoms with Crippen LogP contribution in [0.1, 0.15) is 51.3 Å². The fraction of sp³-hybridized carbons (Fsp3) is 0.350. The van der Waals surface area contributed by atoms with E-state index in [9.17, 15) is 0 Å². The van der Waals surface area contributed by atoms with Crippen molar-refractivity contribution in [3.05, 3.63) is 53.8 Å². The van der Waals surface area contributed by atoms with Gasteiger partial charge >= 0.3 is 0 Å². The van der Waals surface area contributed by atoms with Gasteiger partial charge in [-0.05, 0) is 30.9 Å². The van der Waals surface area contributed by atoms with Crippen LogP contribution in [0.3, 0.4) is 0 Å². The Balaban J connectivity index is 0.000000847. The second-order valence-corrected chi connectivity index (χ2v) is 5.34. The summed E-state index contributed by atoms with van der Waals surface area (Å²) in [7, 11) is 0. The second kappa shape index (κ2) is 7.26. The van der Waals surface area contributed by atoms with Gasteiger partial charge in [0.15, 0.2) is 0 Å². The summed E-state index contributed by atoms with van der Waals surface area (Å²) in [5.41, 5.74) is 13.2. The van der Waals surface area contributed by atoms with E-state index in [1.165, 1.54) is 16.7 Å². The fourth-order valence-corrected chi connectivity index (χ4v) is 3.13. The van der Waals surface area contributed by atoms with Gasteiger partial charge in [0.1, 0.15) is 0 Å². The molecule has 0 amide bonds. The Morgan fingerprint density at radius 3 is 2.64 bits per heavy atom. The molecule has 0 radical (unpaired) electrons. The first-order chi connectivity index (χ1) is 10.8. The largest absolute Gasteiger partial charge is 0.398 e. The Morgan fingerprint density at radius 1 is 1.23 bits per heavy atom. The Hall–Kier alpha value is -2.09. The zero-order valence-corrected chi connectivity index (χ0v) is 13.9. The van der Waals surface area contributed by atoms with Crippen LogP contribution in [0.25, 0.3) is 16.5 Å². The quantitative estimate of drug-likeness (QED) is 0.808. The maximum atomic E-state index is 6.38. The summed E-state index contributed by atoms with van der Waals surface area (Å²) in [6, 6.07) is 8.11. The van der Waals surface area contributed by atoms with Crippen molar-refractivity contribution in [2.75, 3.05) is 5.73 Å². The molecular weight excluding hydrogens is 268 g/mol. The number of nitrogens with zero attached hydrogens (tertiary/aromatic N) is 1. The highest BCUT2D eigenvalue weighted by atomic mass is 14.7. The molecule has 2 heteroatoms. The van der Waals surface area contributed by atoms with Gasteiger partial charge in [0.05, 0.1) is 11.2 Å². The number of benzene rings is 1. The van der Waals surface area contributed by atoms with E-state index in [1.54, 1.807) is 0 Å². The number of pyridine rings is 1. The van der Waals surface area contributed by atoms with Crippen molar-refractivity contribution in [2.24, 2.45) is 0 Å². The minimum Gasteiger partial charge on any atom is -0.398 e. The normalized spacial score (nSPS) is 13.4. The summed E-state index contributed by atoms with van der Waals surface area (Å²) in [6.45, 7) is 10.2. The lowest BCUT2D eigenvalue weighted by Crippen LogP contribution is -2.10. The zero-order valence-electron chi connectivity index (χ0n) is 13.9. The number of nitrogens with two attached hydrogens (primary N) is 1. The molecule has 1 aromatic carbocycles. The van der Waals surface area contributed by atoms with Crippen molar-refractivity contribution in [1.82, 2.24) is 4.98 Å². The van der Waals surface area contributed by atoms with E-state index in [0.29, 0.717) is 0 Å². The van der Waals surface area contributed by atoms with Crippen molar-refractivity contribution >= 4 is 22.2 Å². The number of allylic oxidation sites excluding steroid dienone is 3. The van der Waals surface area contributed by atoms with Crippen LogP contribution >= 0.6 is 0 Å². The van der Waals surface area contributed by atoms with Gasteiger partial charge in [-0.3, -0.25) is 0 Å². The molecule has 0 saturated heterocycles. The molecule has 1 aromatic heterocycles. The number of nitrogen functional groups attached to an aromatic ring is 1. The molecule has 2 nitrogen and oxygen atoms in total. The van der Waals surface area contributed by atoms with Gasteiger partial charge in [-0.15, -0.1) is 0 Å². The smallest absolute Gasteiger partial charge is 0.0761 e. The van der Waals surface area contributed by atoms with E-state index in [-0.39, 0.29) is 0 Å². The van der Waals surface area contributed by atoms with Gasteiger partial charge in [0, 0.05) is 16.6 Å². The molecule has 0 atom stereocenters. The number of hydrogen-bond donors (Lipinski definition) is 1. The first-order valence-electron chi connectivity index (χ1n) is 8.28. The fourth-order valence-electron chi connectivity index (χ4n) is 3.13. The van der Waals surface area contributed by atoms with Gasteiger partial charge in [-0.1, -0.05) is 63.6 Å². The lowest BCUT2D eigenvalue weighted by Gasteiger charge is -2.23. The lowest BCUT2D eigenvalue weighted by atomic mass is 9.85. The third-order valence-electron chi connectivity index (χ3n) is 4.11. The van der Waals surface area contributed by atoms with Crippen LogP contribution in [0.4, 0.5) is 5.69 Å². The topological polar surface area (TPSA) is 38.9 Å². The van der Waals surface area contributed by atoms with E-state index in [2.05, 4.69) is 19.6 Å². The third-order valence-corrected chi connectivity index (χ3v) is 4.11. The highest BCUT2D eigenvalue weighted by molar-refractivity contribution is 5.96. The zero-order chi connectivity index (χ0) is 16.1. The van der Waals surface area contributed by atoms with Crippen LogP contribution in [-0.2, 0) is 6.42 Å². The summed E-state index contributed by atoms with van der Waals surface area (Å²) < 4.78 is 0. The summed E-state index contributed by atoms with van der Waals surface area (Å²) in [5, 5.41) is 1.06. The second-order valence-electron chi connectivity index (χ2n) is 5.34. The summed E-state index contributed by atoms with van der Waals surface area (Å²) >= 11 is 0. The van der Waals surface area contributed by atoms with E-state index in [0.717, 1.165) is 48.0 Å². The van der Waals surface area contributed by atoms with Gasteiger partial charge in [0.25, 0.3) is 0 Å². The maximum Gasteiger partial charge on any atom is 0.0761 e. The molecule has 0 saturated carbocycles. The molecule has 1 aliphatic rings. The molecule has 0 bridgehead atoms. The Morgan fingerprint density at radius 2 is 1.95 bits per heavy atom. The van der Waals surface area contributed by atoms with E-state index in [4.69, 9.17) is 10.7 Å². The van der Waals surface area contributed by atoms with Gasteiger partial charge in [-0.25, -0.2) is 4.98 Å². The summed E-state index contributed by atoms with van der Waals surface area (Å²) in [4.78, 5) is 4.85. The Bertz CT molecular complexity index is 711. The molecule has 0 spiro atoms.